The predicted octanol–water partition coefficient (Wildman–Crippen LogP) is 3.50. The highest BCUT2D eigenvalue weighted by Gasteiger charge is 2.21. The fourth-order valence-electron chi connectivity index (χ4n) is 3.98. The number of guanidine groups is 1. The highest BCUT2D eigenvalue weighted by Crippen LogP contribution is 2.22. The van der Waals surface area contributed by atoms with Crippen molar-refractivity contribution in [3.8, 4) is 11.4 Å². The number of piperidine rings is 1. The van der Waals surface area contributed by atoms with Gasteiger partial charge in [0.25, 0.3) is 0 Å². The molecule has 2 heterocycles. The van der Waals surface area contributed by atoms with Gasteiger partial charge in [-0.2, -0.15) is 5.10 Å². The molecule has 1 aliphatic rings. The van der Waals surface area contributed by atoms with Gasteiger partial charge in [0.15, 0.2) is 11.8 Å². The Balaban J connectivity index is 1.30. The summed E-state index contributed by atoms with van der Waals surface area (Å²) in [5.74, 6) is 2.52. The van der Waals surface area contributed by atoms with Crippen LogP contribution < -0.4 is 5.32 Å². The molecule has 2 aromatic carbocycles. The second-order valence-corrected chi connectivity index (χ2v) is 7.56. The summed E-state index contributed by atoms with van der Waals surface area (Å²) in [5.41, 5.74) is 3.68. The largest absolute Gasteiger partial charge is 0.352 e. The monoisotopic (exact) mass is 388 g/mol. The second-order valence-electron chi connectivity index (χ2n) is 7.56. The lowest BCUT2D eigenvalue weighted by Crippen LogP contribution is -2.45. The van der Waals surface area contributed by atoms with Gasteiger partial charge in [-0.1, -0.05) is 48.5 Å². The molecular weight excluding hydrogens is 360 g/mol. The minimum absolute atomic E-state index is 0.735. The summed E-state index contributed by atoms with van der Waals surface area (Å²) < 4.78 is 0. The average molecular weight is 389 g/mol. The topological polar surface area (TPSA) is 69.2 Å². The van der Waals surface area contributed by atoms with Crippen LogP contribution in [0.25, 0.3) is 11.4 Å². The number of hydrogen-bond acceptors (Lipinski definition) is 3. The van der Waals surface area contributed by atoms with E-state index in [0.29, 0.717) is 0 Å². The van der Waals surface area contributed by atoms with Crippen LogP contribution in [0, 0.1) is 5.92 Å². The van der Waals surface area contributed by atoms with Crippen LogP contribution in [0.5, 0.6) is 0 Å². The van der Waals surface area contributed by atoms with Crippen LogP contribution in [0.4, 0.5) is 0 Å². The van der Waals surface area contributed by atoms with Gasteiger partial charge in [0.2, 0.25) is 0 Å². The normalized spacial score (nSPS) is 15.5. The van der Waals surface area contributed by atoms with Crippen molar-refractivity contribution >= 4 is 5.96 Å². The molecule has 1 saturated heterocycles. The van der Waals surface area contributed by atoms with Crippen molar-refractivity contribution < 1.29 is 0 Å². The Kier molecular flexibility index (Phi) is 6.19. The minimum Gasteiger partial charge on any atom is -0.352 e. The third-order valence-electron chi connectivity index (χ3n) is 5.56. The van der Waals surface area contributed by atoms with Crippen molar-refractivity contribution in [1.82, 2.24) is 25.4 Å². The van der Waals surface area contributed by atoms with Crippen LogP contribution in [0.2, 0.25) is 0 Å². The number of likely N-dealkylation sites (tertiary alicyclic amines) is 1. The molecule has 6 heteroatoms. The number of hydrogen-bond donors (Lipinski definition) is 2. The highest BCUT2D eigenvalue weighted by atomic mass is 15.3. The van der Waals surface area contributed by atoms with Crippen LogP contribution >= 0.6 is 0 Å². The molecule has 29 heavy (non-hydrogen) atoms. The van der Waals surface area contributed by atoms with E-state index in [2.05, 4.69) is 72.9 Å². The van der Waals surface area contributed by atoms with Crippen molar-refractivity contribution in [3.63, 3.8) is 0 Å². The van der Waals surface area contributed by atoms with Crippen LogP contribution in [-0.2, 0) is 13.0 Å². The van der Waals surface area contributed by atoms with E-state index >= 15 is 0 Å². The summed E-state index contributed by atoms with van der Waals surface area (Å²) in [6.07, 6.45) is 5.12. The van der Waals surface area contributed by atoms with Gasteiger partial charge < -0.3 is 10.2 Å². The zero-order chi connectivity index (χ0) is 19.9. The Morgan fingerprint density at radius 2 is 1.90 bits per heavy atom. The van der Waals surface area contributed by atoms with Gasteiger partial charge >= 0.3 is 0 Å². The van der Waals surface area contributed by atoms with Crippen molar-refractivity contribution in [1.29, 1.82) is 0 Å². The standard InChI is InChI=1S/C23H28N6/c1-24-23(25-16-20-8-5-9-21(15-20)22-26-17-27-28-22)29-12-10-19(11-13-29)14-18-6-3-2-4-7-18/h2-9,15,17,19H,10-14,16H2,1H3,(H,24,25)(H,26,27,28). The Morgan fingerprint density at radius 3 is 2.62 bits per heavy atom. The smallest absolute Gasteiger partial charge is 0.193 e. The number of aromatic nitrogens is 3. The SMILES string of the molecule is CN=C(NCc1cccc(-c2ncn[nH]2)c1)N1CCC(Cc2ccccc2)CC1. The molecule has 1 fully saturated rings. The Labute approximate surface area is 172 Å². The molecule has 150 valence electrons. The number of H-pyrrole nitrogens is 1. The van der Waals surface area contributed by atoms with Crippen LogP contribution in [-0.4, -0.2) is 46.2 Å². The zero-order valence-corrected chi connectivity index (χ0v) is 16.9. The van der Waals surface area contributed by atoms with Crippen molar-refractivity contribution in [2.24, 2.45) is 10.9 Å². The molecule has 6 nitrogen and oxygen atoms in total. The van der Waals surface area contributed by atoms with E-state index in [0.717, 1.165) is 42.9 Å². The second kappa shape index (κ2) is 9.37. The van der Waals surface area contributed by atoms with Gasteiger partial charge in [-0.3, -0.25) is 10.1 Å². The van der Waals surface area contributed by atoms with E-state index < -0.39 is 0 Å². The van der Waals surface area contributed by atoms with E-state index in [9.17, 15) is 0 Å². The molecule has 0 bridgehead atoms. The quantitative estimate of drug-likeness (QED) is 0.518. The molecule has 0 spiro atoms. The lowest BCUT2D eigenvalue weighted by atomic mass is 9.90. The zero-order valence-electron chi connectivity index (χ0n) is 16.9. The summed E-state index contributed by atoms with van der Waals surface area (Å²) in [6, 6.07) is 19.2. The molecule has 0 unspecified atom stereocenters. The lowest BCUT2D eigenvalue weighted by molar-refractivity contribution is 0.259. The summed E-state index contributed by atoms with van der Waals surface area (Å²) in [7, 11) is 1.86. The number of benzene rings is 2. The van der Waals surface area contributed by atoms with Gasteiger partial charge in [0.05, 0.1) is 0 Å². The lowest BCUT2D eigenvalue weighted by Gasteiger charge is -2.34. The first kappa shape index (κ1) is 19.2. The van der Waals surface area contributed by atoms with Gasteiger partial charge in [-0.15, -0.1) is 0 Å². The fraction of sp³-hybridized carbons (Fsp3) is 0.348. The molecule has 0 atom stereocenters. The van der Waals surface area contributed by atoms with Crippen molar-refractivity contribution in [2.75, 3.05) is 20.1 Å². The van der Waals surface area contributed by atoms with Gasteiger partial charge in [0, 0.05) is 32.2 Å². The van der Waals surface area contributed by atoms with E-state index in [4.69, 9.17) is 0 Å². The molecule has 1 aliphatic heterocycles. The van der Waals surface area contributed by atoms with E-state index in [1.165, 1.54) is 36.7 Å². The third kappa shape index (κ3) is 5.02. The first-order valence-electron chi connectivity index (χ1n) is 10.3. The maximum absolute atomic E-state index is 4.51. The summed E-state index contributed by atoms with van der Waals surface area (Å²) >= 11 is 0. The van der Waals surface area contributed by atoms with Gasteiger partial charge in [0.1, 0.15) is 6.33 Å². The molecule has 0 amide bonds. The molecular formula is C23H28N6. The van der Waals surface area contributed by atoms with Gasteiger partial charge in [-0.05, 0) is 42.4 Å². The fourth-order valence-corrected chi connectivity index (χ4v) is 3.98. The molecule has 1 aromatic heterocycles. The van der Waals surface area contributed by atoms with Gasteiger partial charge in [-0.25, -0.2) is 4.98 Å². The number of rotatable bonds is 5. The maximum atomic E-state index is 4.51. The minimum atomic E-state index is 0.735. The molecule has 3 aromatic rings. The van der Waals surface area contributed by atoms with Crippen molar-refractivity contribution in [3.05, 3.63) is 72.1 Å². The Bertz CT molecular complexity index is 912. The number of nitrogens with zero attached hydrogens (tertiary/aromatic N) is 4. The summed E-state index contributed by atoms with van der Waals surface area (Å²) in [5, 5.41) is 10.4. The highest BCUT2D eigenvalue weighted by molar-refractivity contribution is 5.80. The maximum Gasteiger partial charge on any atom is 0.193 e. The predicted molar refractivity (Wildman–Crippen MR) is 116 cm³/mol. The molecule has 4 rings (SSSR count). The summed E-state index contributed by atoms with van der Waals surface area (Å²) in [4.78, 5) is 11.1. The number of aliphatic imine (C=N–C) groups is 1. The van der Waals surface area contributed by atoms with Crippen molar-refractivity contribution in [2.45, 2.75) is 25.8 Å². The third-order valence-corrected chi connectivity index (χ3v) is 5.56. The summed E-state index contributed by atoms with van der Waals surface area (Å²) in [6.45, 7) is 2.84. The van der Waals surface area contributed by atoms with Crippen LogP contribution in [0.3, 0.4) is 0 Å². The molecule has 0 aliphatic carbocycles. The first-order valence-corrected chi connectivity index (χ1v) is 10.3. The van der Waals surface area contributed by atoms with Crippen LogP contribution in [0.1, 0.15) is 24.0 Å². The Morgan fingerprint density at radius 1 is 1.10 bits per heavy atom. The molecule has 0 radical (unpaired) electrons. The number of nitrogens with one attached hydrogen (secondary N) is 2. The molecule has 2 N–H and O–H groups in total. The first-order chi connectivity index (χ1) is 14.3. The Hall–Kier alpha value is -3.15. The number of aromatic amines is 1. The van der Waals surface area contributed by atoms with E-state index in [-0.39, 0.29) is 0 Å². The van der Waals surface area contributed by atoms with E-state index in [1.807, 2.05) is 19.2 Å². The van der Waals surface area contributed by atoms with Crippen LogP contribution in [0.15, 0.2) is 65.9 Å². The average Bonchev–Trinajstić information content (AvgIpc) is 3.31. The van der Waals surface area contributed by atoms with E-state index in [1.54, 1.807) is 0 Å². The molecule has 0 saturated carbocycles.